The van der Waals surface area contributed by atoms with E-state index in [1.807, 2.05) is 18.2 Å². The summed E-state index contributed by atoms with van der Waals surface area (Å²) >= 11 is 9.93. The van der Waals surface area contributed by atoms with Crippen LogP contribution < -0.4 is 0 Å². The second kappa shape index (κ2) is 6.54. The predicted octanol–water partition coefficient (Wildman–Crippen LogP) is 5.23. The van der Waals surface area contributed by atoms with Gasteiger partial charge in [0, 0.05) is 8.95 Å². The zero-order valence-corrected chi connectivity index (χ0v) is 13.2. The van der Waals surface area contributed by atoms with Crippen LogP contribution in [0.3, 0.4) is 0 Å². The molecule has 0 aliphatic carbocycles. The first-order chi connectivity index (χ1) is 7.79. The number of alkyl halides is 4. The van der Waals surface area contributed by atoms with Crippen LogP contribution >= 0.6 is 47.8 Å². The lowest BCUT2D eigenvalue weighted by molar-refractivity contribution is -0.173. The van der Waals surface area contributed by atoms with Gasteiger partial charge in [0.1, 0.15) is 6.61 Å². The monoisotopic (exact) mass is 438 g/mol. The molecule has 1 unspecified atom stereocenters. The van der Waals surface area contributed by atoms with Crippen molar-refractivity contribution >= 4 is 47.8 Å². The summed E-state index contributed by atoms with van der Waals surface area (Å²) in [6.07, 6.45) is -4.29. The summed E-state index contributed by atoms with van der Waals surface area (Å²) in [6.45, 7) is -1.28. The van der Waals surface area contributed by atoms with Crippen molar-refractivity contribution in [2.75, 3.05) is 13.2 Å². The summed E-state index contributed by atoms with van der Waals surface area (Å²) in [5, 5.41) is 0. The summed E-state index contributed by atoms with van der Waals surface area (Å²) in [5.74, 6) is 0. The first kappa shape index (κ1) is 15.5. The highest BCUT2D eigenvalue weighted by atomic mass is 79.9. The molecule has 1 nitrogen and oxygen atoms in total. The van der Waals surface area contributed by atoms with Crippen molar-refractivity contribution in [3.63, 3.8) is 0 Å². The van der Waals surface area contributed by atoms with Crippen LogP contribution in [0.4, 0.5) is 13.2 Å². The Labute approximate surface area is 122 Å². The molecule has 1 aromatic rings. The van der Waals surface area contributed by atoms with Gasteiger partial charge in [0.05, 0.1) is 11.4 Å². The number of hydrogen-bond donors (Lipinski definition) is 0. The van der Waals surface area contributed by atoms with E-state index in [2.05, 4.69) is 52.5 Å². The maximum atomic E-state index is 11.9. The Morgan fingerprint density at radius 2 is 1.88 bits per heavy atom. The highest BCUT2D eigenvalue weighted by Crippen LogP contribution is 2.32. The van der Waals surface area contributed by atoms with E-state index in [1.165, 1.54) is 0 Å². The van der Waals surface area contributed by atoms with Crippen LogP contribution in [0.15, 0.2) is 27.1 Å². The molecule has 1 rings (SSSR count). The van der Waals surface area contributed by atoms with Crippen LogP contribution in [0.1, 0.15) is 10.4 Å². The van der Waals surface area contributed by atoms with E-state index in [1.54, 1.807) is 0 Å². The quantitative estimate of drug-likeness (QED) is 0.583. The lowest BCUT2D eigenvalue weighted by Crippen LogP contribution is -2.18. The molecule has 0 aliphatic rings. The van der Waals surface area contributed by atoms with Gasteiger partial charge in [-0.05, 0) is 23.8 Å². The molecular formula is C10H8Br3F3O. The van der Waals surface area contributed by atoms with Gasteiger partial charge < -0.3 is 4.74 Å². The molecule has 0 fully saturated rings. The number of halogens is 6. The summed E-state index contributed by atoms with van der Waals surface area (Å²) in [4.78, 5) is -0.295. The number of rotatable bonds is 4. The molecule has 96 valence electrons. The zero-order valence-electron chi connectivity index (χ0n) is 8.40. The smallest absolute Gasteiger partial charge is 0.371 e. The Hall–Kier alpha value is 0.410. The molecule has 0 spiro atoms. The topological polar surface area (TPSA) is 9.23 Å². The van der Waals surface area contributed by atoms with Crippen LogP contribution in [-0.2, 0) is 4.74 Å². The molecule has 0 N–H and O–H groups in total. The molecule has 0 aromatic heterocycles. The van der Waals surface area contributed by atoms with Gasteiger partial charge in [0.15, 0.2) is 0 Å². The number of ether oxygens (including phenoxy) is 1. The van der Waals surface area contributed by atoms with Gasteiger partial charge in [-0.15, -0.1) is 0 Å². The summed E-state index contributed by atoms with van der Waals surface area (Å²) in [6, 6.07) is 5.47. The average Bonchev–Trinajstić information content (AvgIpc) is 2.19. The SMILES string of the molecule is FC(F)(F)COCC(Br)c1cc(Br)ccc1Br. The fourth-order valence-corrected chi connectivity index (χ4v) is 2.90. The lowest BCUT2D eigenvalue weighted by Gasteiger charge is -2.14. The van der Waals surface area contributed by atoms with E-state index >= 15 is 0 Å². The molecule has 0 bridgehead atoms. The third kappa shape index (κ3) is 5.72. The zero-order chi connectivity index (χ0) is 13.1. The van der Waals surface area contributed by atoms with Crippen LogP contribution in [0, 0.1) is 0 Å². The van der Waals surface area contributed by atoms with Gasteiger partial charge in [0.2, 0.25) is 0 Å². The van der Waals surface area contributed by atoms with E-state index in [4.69, 9.17) is 0 Å². The molecule has 1 atom stereocenters. The van der Waals surface area contributed by atoms with Crippen molar-refractivity contribution in [2.45, 2.75) is 11.0 Å². The minimum Gasteiger partial charge on any atom is -0.371 e. The van der Waals surface area contributed by atoms with Crippen molar-refractivity contribution in [1.82, 2.24) is 0 Å². The molecule has 7 heteroatoms. The van der Waals surface area contributed by atoms with Gasteiger partial charge in [-0.1, -0.05) is 47.8 Å². The van der Waals surface area contributed by atoms with Crippen LogP contribution in [0.2, 0.25) is 0 Å². The van der Waals surface area contributed by atoms with E-state index < -0.39 is 12.8 Å². The standard InChI is InChI=1S/C10H8Br3F3O/c11-6-1-2-8(12)7(3-6)9(13)4-17-5-10(14,15)16/h1-3,9H,4-5H2. The van der Waals surface area contributed by atoms with Gasteiger partial charge in [-0.3, -0.25) is 0 Å². The van der Waals surface area contributed by atoms with Gasteiger partial charge in [-0.2, -0.15) is 13.2 Å². The van der Waals surface area contributed by atoms with Crippen molar-refractivity contribution in [3.05, 3.63) is 32.7 Å². The average molecular weight is 441 g/mol. The molecule has 1 aromatic carbocycles. The number of benzene rings is 1. The predicted molar refractivity (Wildman–Crippen MR) is 70.4 cm³/mol. The molecule has 0 amide bonds. The van der Waals surface area contributed by atoms with Gasteiger partial charge in [-0.25, -0.2) is 0 Å². The van der Waals surface area contributed by atoms with E-state index in [0.29, 0.717) is 0 Å². The molecule has 17 heavy (non-hydrogen) atoms. The van der Waals surface area contributed by atoms with Crippen molar-refractivity contribution < 1.29 is 17.9 Å². The van der Waals surface area contributed by atoms with Crippen molar-refractivity contribution in [3.8, 4) is 0 Å². The molecule has 0 aliphatic heterocycles. The molecular weight excluding hydrogens is 433 g/mol. The maximum Gasteiger partial charge on any atom is 0.411 e. The summed E-state index contributed by atoms with van der Waals surface area (Å²) in [7, 11) is 0. The minimum absolute atomic E-state index is 0.0471. The third-order valence-corrected chi connectivity index (χ3v) is 3.80. The fraction of sp³-hybridized carbons (Fsp3) is 0.400. The highest BCUT2D eigenvalue weighted by molar-refractivity contribution is 9.11. The first-order valence-corrected chi connectivity index (χ1v) is 7.03. The van der Waals surface area contributed by atoms with E-state index in [-0.39, 0.29) is 11.4 Å². The Bertz CT molecular complexity index is 382. The molecule has 0 radical (unpaired) electrons. The third-order valence-electron chi connectivity index (χ3n) is 1.83. The van der Waals surface area contributed by atoms with Crippen molar-refractivity contribution in [1.29, 1.82) is 0 Å². The minimum atomic E-state index is -4.29. The molecule has 0 saturated heterocycles. The van der Waals surface area contributed by atoms with Crippen molar-refractivity contribution in [2.24, 2.45) is 0 Å². The second-order valence-electron chi connectivity index (χ2n) is 3.26. The second-order valence-corrected chi connectivity index (χ2v) is 6.14. The first-order valence-electron chi connectivity index (χ1n) is 4.53. The van der Waals surface area contributed by atoms with Crippen LogP contribution in [0.5, 0.6) is 0 Å². The Morgan fingerprint density at radius 1 is 1.24 bits per heavy atom. The Morgan fingerprint density at radius 3 is 2.47 bits per heavy atom. The Kier molecular flexibility index (Phi) is 5.95. The maximum absolute atomic E-state index is 11.9. The number of hydrogen-bond acceptors (Lipinski definition) is 1. The van der Waals surface area contributed by atoms with Gasteiger partial charge in [0.25, 0.3) is 0 Å². The fourth-order valence-electron chi connectivity index (χ4n) is 1.12. The Balaban J connectivity index is 2.58. The van der Waals surface area contributed by atoms with E-state index in [0.717, 1.165) is 14.5 Å². The summed E-state index contributed by atoms with van der Waals surface area (Å²) < 4.78 is 42.0. The molecule has 0 heterocycles. The molecule has 0 saturated carbocycles. The van der Waals surface area contributed by atoms with Crippen LogP contribution in [0.25, 0.3) is 0 Å². The van der Waals surface area contributed by atoms with Gasteiger partial charge >= 0.3 is 6.18 Å². The van der Waals surface area contributed by atoms with Crippen LogP contribution in [-0.4, -0.2) is 19.4 Å². The van der Waals surface area contributed by atoms with E-state index in [9.17, 15) is 13.2 Å². The summed E-state index contributed by atoms with van der Waals surface area (Å²) in [5.41, 5.74) is 0.835. The normalized spacial score (nSPS) is 13.8. The highest BCUT2D eigenvalue weighted by Gasteiger charge is 2.28. The largest absolute Gasteiger partial charge is 0.411 e. The lowest BCUT2D eigenvalue weighted by atomic mass is 10.2.